The first kappa shape index (κ1) is 8.03. The predicted octanol–water partition coefficient (Wildman–Crippen LogP) is 3.18. The molecule has 0 aromatic carbocycles. The summed E-state index contributed by atoms with van der Waals surface area (Å²) in [4.78, 5) is 0. The first-order chi connectivity index (χ1) is 3.81. The zero-order chi connectivity index (χ0) is 6.41. The molecule has 0 N–H and O–H groups in total. The van der Waals surface area contributed by atoms with Crippen molar-refractivity contribution in [1.29, 1.82) is 0 Å². The maximum absolute atomic E-state index is 5.35. The lowest BCUT2D eigenvalue weighted by Gasteiger charge is -1.99. The Morgan fingerprint density at radius 2 is 2.25 bits per heavy atom. The minimum Gasteiger partial charge on any atom is -0.0933 e. The van der Waals surface area contributed by atoms with Crippen LogP contribution in [0.15, 0.2) is 11.6 Å². The third-order valence-corrected chi connectivity index (χ3v) is 1.29. The smallest absolute Gasteiger partial charge is 0.000514 e. The average Bonchev–Trinajstić information content (AvgIpc) is 1.68. The van der Waals surface area contributed by atoms with Crippen molar-refractivity contribution in [2.45, 2.75) is 26.7 Å². The predicted molar refractivity (Wildman–Crippen MR) is 39.1 cm³/mol. The minimum atomic E-state index is 0.650. The highest BCUT2D eigenvalue weighted by atomic mass is 35.5. The van der Waals surface area contributed by atoms with Gasteiger partial charge in [-0.25, -0.2) is 0 Å². The Kier molecular flexibility index (Phi) is 5.19. The van der Waals surface area contributed by atoms with E-state index in [1.54, 1.807) is 5.54 Å². The van der Waals surface area contributed by atoms with Crippen LogP contribution in [-0.2, 0) is 0 Å². The molecule has 1 unspecified atom stereocenters. The van der Waals surface area contributed by atoms with Crippen LogP contribution in [0.25, 0.3) is 0 Å². The zero-order valence-electron chi connectivity index (χ0n) is 5.52. The molecule has 0 aliphatic rings. The van der Waals surface area contributed by atoms with Crippen molar-refractivity contribution in [3.63, 3.8) is 0 Å². The molecular formula is C7H13Cl. The molecule has 0 saturated heterocycles. The van der Waals surface area contributed by atoms with Gasteiger partial charge in [0.2, 0.25) is 0 Å². The minimum absolute atomic E-state index is 0.650. The summed E-state index contributed by atoms with van der Waals surface area (Å²) in [6, 6.07) is 0. The number of hydrogen-bond acceptors (Lipinski definition) is 0. The second-order valence-corrected chi connectivity index (χ2v) is 2.34. The fourth-order valence-corrected chi connectivity index (χ4v) is 0.924. The molecule has 8 heavy (non-hydrogen) atoms. The summed E-state index contributed by atoms with van der Waals surface area (Å²) in [6.07, 6.45) is 4.50. The van der Waals surface area contributed by atoms with Crippen LogP contribution >= 0.6 is 11.6 Å². The summed E-state index contributed by atoms with van der Waals surface area (Å²) in [6.45, 7) is 4.35. The van der Waals surface area contributed by atoms with Crippen molar-refractivity contribution in [2.75, 3.05) is 0 Å². The summed E-state index contributed by atoms with van der Waals surface area (Å²) in [5.74, 6) is 0.650. The Labute approximate surface area is 56.5 Å². The van der Waals surface area contributed by atoms with Crippen molar-refractivity contribution >= 4 is 11.6 Å². The molecule has 0 saturated carbocycles. The largest absolute Gasteiger partial charge is 0.0933 e. The van der Waals surface area contributed by atoms with Gasteiger partial charge in [0.1, 0.15) is 0 Å². The van der Waals surface area contributed by atoms with Gasteiger partial charge in [-0.3, -0.25) is 0 Å². The molecule has 48 valence electrons. The second-order valence-electron chi connectivity index (χ2n) is 2.08. The summed E-state index contributed by atoms with van der Waals surface area (Å²) in [5, 5.41) is 0. The third-order valence-electron chi connectivity index (χ3n) is 1.15. The lowest BCUT2D eigenvalue weighted by atomic mass is 10.1. The fourth-order valence-electron chi connectivity index (χ4n) is 0.676. The van der Waals surface area contributed by atoms with E-state index in [0.717, 1.165) is 0 Å². The van der Waals surface area contributed by atoms with Gasteiger partial charge in [0, 0.05) is 5.54 Å². The molecule has 0 aliphatic carbocycles. The van der Waals surface area contributed by atoms with Crippen molar-refractivity contribution in [2.24, 2.45) is 5.92 Å². The van der Waals surface area contributed by atoms with Crippen LogP contribution in [0.5, 0.6) is 0 Å². The van der Waals surface area contributed by atoms with Crippen LogP contribution in [0.1, 0.15) is 26.7 Å². The van der Waals surface area contributed by atoms with E-state index in [0.29, 0.717) is 5.92 Å². The van der Waals surface area contributed by atoms with Crippen molar-refractivity contribution in [3.05, 3.63) is 11.6 Å². The van der Waals surface area contributed by atoms with Crippen LogP contribution in [0, 0.1) is 5.92 Å². The first-order valence-corrected chi connectivity index (χ1v) is 3.51. The quantitative estimate of drug-likeness (QED) is 0.554. The standard InChI is InChI=1S/C7H13Cl/c1-3-4-7(2)5-6-8/h5-7H,3-4H2,1-2H3. The summed E-state index contributed by atoms with van der Waals surface area (Å²) < 4.78 is 0. The van der Waals surface area contributed by atoms with Gasteiger partial charge in [-0.05, 0) is 12.3 Å². The fraction of sp³-hybridized carbons (Fsp3) is 0.714. The number of rotatable bonds is 3. The number of halogens is 1. The molecule has 0 aromatic rings. The summed E-state index contributed by atoms with van der Waals surface area (Å²) >= 11 is 5.35. The zero-order valence-corrected chi connectivity index (χ0v) is 6.28. The Hall–Kier alpha value is 0.0300. The molecule has 0 nitrogen and oxygen atoms in total. The lowest BCUT2D eigenvalue weighted by molar-refractivity contribution is 0.635. The van der Waals surface area contributed by atoms with Gasteiger partial charge in [0.25, 0.3) is 0 Å². The van der Waals surface area contributed by atoms with Gasteiger partial charge in [-0.15, -0.1) is 0 Å². The molecule has 0 bridgehead atoms. The molecule has 0 radical (unpaired) electrons. The van der Waals surface area contributed by atoms with E-state index < -0.39 is 0 Å². The Balaban J connectivity index is 3.17. The van der Waals surface area contributed by atoms with Crippen LogP contribution in [0.2, 0.25) is 0 Å². The average molecular weight is 133 g/mol. The van der Waals surface area contributed by atoms with E-state index in [1.807, 2.05) is 6.08 Å². The molecule has 1 atom stereocenters. The highest BCUT2D eigenvalue weighted by Gasteiger charge is 1.90. The maximum Gasteiger partial charge on any atom is 0.000514 e. The Bertz CT molecular complexity index is 66.8. The number of hydrogen-bond donors (Lipinski definition) is 0. The maximum atomic E-state index is 5.35. The van der Waals surface area contributed by atoms with E-state index in [-0.39, 0.29) is 0 Å². The van der Waals surface area contributed by atoms with Crippen LogP contribution in [0.4, 0.5) is 0 Å². The van der Waals surface area contributed by atoms with Crippen molar-refractivity contribution in [3.8, 4) is 0 Å². The number of allylic oxidation sites excluding steroid dienone is 1. The molecule has 1 heteroatoms. The first-order valence-electron chi connectivity index (χ1n) is 3.08. The van der Waals surface area contributed by atoms with E-state index in [1.165, 1.54) is 12.8 Å². The second kappa shape index (κ2) is 5.17. The van der Waals surface area contributed by atoms with Crippen LogP contribution in [0.3, 0.4) is 0 Å². The lowest BCUT2D eigenvalue weighted by Crippen LogP contribution is -1.85. The Morgan fingerprint density at radius 1 is 1.62 bits per heavy atom. The van der Waals surface area contributed by atoms with E-state index in [4.69, 9.17) is 11.6 Å². The SMILES string of the molecule is CCCC(C)C=CCl. The van der Waals surface area contributed by atoms with Gasteiger partial charge >= 0.3 is 0 Å². The van der Waals surface area contributed by atoms with E-state index in [9.17, 15) is 0 Å². The van der Waals surface area contributed by atoms with E-state index in [2.05, 4.69) is 13.8 Å². The van der Waals surface area contributed by atoms with Crippen LogP contribution < -0.4 is 0 Å². The molecule has 0 rings (SSSR count). The topological polar surface area (TPSA) is 0 Å². The van der Waals surface area contributed by atoms with Crippen LogP contribution in [-0.4, -0.2) is 0 Å². The molecule has 0 aromatic heterocycles. The van der Waals surface area contributed by atoms with Crippen molar-refractivity contribution in [1.82, 2.24) is 0 Å². The van der Waals surface area contributed by atoms with Crippen molar-refractivity contribution < 1.29 is 0 Å². The Morgan fingerprint density at radius 3 is 2.62 bits per heavy atom. The highest BCUT2D eigenvalue weighted by Crippen LogP contribution is 2.06. The van der Waals surface area contributed by atoms with Gasteiger partial charge < -0.3 is 0 Å². The molecule has 0 heterocycles. The third kappa shape index (κ3) is 4.20. The van der Waals surface area contributed by atoms with E-state index >= 15 is 0 Å². The van der Waals surface area contributed by atoms with Gasteiger partial charge in [-0.2, -0.15) is 0 Å². The molecule has 0 aliphatic heterocycles. The molecule has 0 spiro atoms. The van der Waals surface area contributed by atoms with Gasteiger partial charge in [-0.1, -0.05) is 37.9 Å². The summed E-state index contributed by atoms with van der Waals surface area (Å²) in [5.41, 5.74) is 1.60. The molecular weight excluding hydrogens is 120 g/mol. The molecule has 0 fully saturated rings. The monoisotopic (exact) mass is 132 g/mol. The summed E-state index contributed by atoms with van der Waals surface area (Å²) in [7, 11) is 0. The van der Waals surface area contributed by atoms with Gasteiger partial charge in [0.05, 0.1) is 0 Å². The molecule has 0 amide bonds. The highest BCUT2D eigenvalue weighted by molar-refractivity contribution is 6.25. The normalized spacial score (nSPS) is 14.9. The van der Waals surface area contributed by atoms with Gasteiger partial charge in [0.15, 0.2) is 0 Å².